The van der Waals surface area contributed by atoms with Gasteiger partial charge in [0, 0.05) is 31.3 Å². The van der Waals surface area contributed by atoms with Crippen molar-refractivity contribution in [2.24, 2.45) is 11.7 Å². The van der Waals surface area contributed by atoms with Crippen LogP contribution < -0.4 is 10.5 Å². The number of benzene rings is 1. The van der Waals surface area contributed by atoms with Gasteiger partial charge in [-0.1, -0.05) is 11.6 Å². The zero-order valence-corrected chi connectivity index (χ0v) is 16.5. The van der Waals surface area contributed by atoms with Crippen LogP contribution in [0.25, 0.3) is 0 Å². The summed E-state index contributed by atoms with van der Waals surface area (Å²) in [5.41, 5.74) is 5.98. The molecule has 1 heterocycles. The second kappa shape index (κ2) is 8.68. The van der Waals surface area contributed by atoms with Gasteiger partial charge < -0.3 is 15.2 Å². The number of rotatable bonds is 7. The zero-order chi connectivity index (χ0) is 18.6. The van der Waals surface area contributed by atoms with E-state index in [1.807, 2.05) is 13.8 Å². The molecule has 1 saturated heterocycles. The highest BCUT2D eigenvalue weighted by Crippen LogP contribution is 2.33. The minimum absolute atomic E-state index is 0.0465. The first kappa shape index (κ1) is 20.5. The Balaban J connectivity index is 2.33. The molecule has 0 aliphatic carbocycles. The van der Waals surface area contributed by atoms with E-state index in [1.165, 1.54) is 10.4 Å². The molecule has 0 aromatic heterocycles. The third kappa shape index (κ3) is 5.08. The number of piperidine rings is 1. The Bertz CT molecular complexity index is 681. The van der Waals surface area contributed by atoms with Gasteiger partial charge in [0.2, 0.25) is 10.0 Å². The number of hydrogen-bond donors (Lipinski definition) is 1. The lowest BCUT2D eigenvalue weighted by molar-refractivity contribution is 0.0899. The Morgan fingerprint density at radius 1 is 1.40 bits per heavy atom. The Morgan fingerprint density at radius 2 is 2.12 bits per heavy atom. The summed E-state index contributed by atoms with van der Waals surface area (Å²) < 4.78 is 38.7. The molecule has 1 aromatic carbocycles. The minimum atomic E-state index is -3.71. The van der Waals surface area contributed by atoms with Crippen LogP contribution in [-0.2, 0) is 14.8 Å². The summed E-state index contributed by atoms with van der Waals surface area (Å²) in [6.07, 6.45) is 1.45. The predicted molar refractivity (Wildman–Crippen MR) is 98.6 cm³/mol. The van der Waals surface area contributed by atoms with Gasteiger partial charge in [-0.05, 0) is 50.8 Å². The topological polar surface area (TPSA) is 81.9 Å². The molecule has 0 bridgehead atoms. The van der Waals surface area contributed by atoms with Gasteiger partial charge in [-0.2, -0.15) is 4.31 Å². The molecule has 1 aliphatic heterocycles. The highest BCUT2D eigenvalue weighted by atomic mass is 35.5. The molecule has 142 valence electrons. The summed E-state index contributed by atoms with van der Waals surface area (Å²) in [5, 5.41) is 0.353. The van der Waals surface area contributed by atoms with Gasteiger partial charge >= 0.3 is 0 Å². The molecular weight excluding hydrogens is 364 g/mol. The zero-order valence-electron chi connectivity index (χ0n) is 14.9. The quantitative estimate of drug-likeness (QED) is 0.773. The number of nitrogens with zero attached hydrogens (tertiary/aromatic N) is 1. The lowest BCUT2D eigenvalue weighted by atomic mass is 9.93. The van der Waals surface area contributed by atoms with Crippen molar-refractivity contribution in [1.29, 1.82) is 0 Å². The number of nitrogens with two attached hydrogens (primary N) is 1. The molecule has 6 nitrogen and oxygen atoms in total. The van der Waals surface area contributed by atoms with Gasteiger partial charge in [-0.3, -0.25) is 0 Å². The van der Waals surface area contributed by atoms with Crippen molar-refractivity contribution in [2.45, 2.75) is 43.7 Å². The van der Waals surface area contributed by atoms with Gasteiger partial charge in [0.05, 0.1) is 6.61 Å². The maximum Gasteiger partial charge on any atom is 0.246 e. The van der Waals surface area contributed by atoms with Crippen LogP contribution in [0.15, 0.2) is 23.1 Å². The van der Waals surface area contributed by atoms with E-state index in [0.29, 0.717) is 24.7 Å². The summed E-state index contributed by atoms with van der Waals surface area (Å²) in [7, 11) is -2.14. The van der Waals surface area contributed by atoms with Gasteiger partial charge in [0.15, 0.2) is 0 Å². The maximum atomic E-state index is 13.2. The van der Waals surface area contributed by atoms with Crippen molar-refractivity contribution >= 4 is 21.6 Å². The van der Waals surface area contributed by atoms with Crippen molar-refractivity contribution in [3.63, 3.8) is 0 Å². The first-order chi connectivity index (χ1) is 11.8. The molecule has 3 atom stereocenters. The number of ether oxygens (including phenoxy) is 2. The Kier molecular flexibility index (Phi) is 7.10. The molecule has 1 aromatic rings. The second-order valence-corrected chi connectivity index (χ2v) is 8.94. The van der Waals surface area contributed by atoms with E-state index in [0.717, 1.165) is 12.8 Å². The van der Waals surface area contributed by atoms with Crippen LogP contribution in [-0.4, -0.2) is 51.7 Å². The number of methoxy groups -OCH3 is 1. The van der Waals surface area contributed by atoms with Crippen LogP contribution in [0.1, 0.15) is 26.7 Å². The molecule has 0 radical (unpaired) electrons. The van der Waals surface area contributed by atoms with Crippen molar-refractivity contribution in [1.82, 2.24) is 4.31 Å². The van der Waals surface area contributed by atoms with E-state index in [9.17, 15) is 8.42 Å². The van der Waals surface area contributed by atoms with E-state index < -0.39 is 10.0 Å². The molecule has 2 N–H and O–H groups in total. The summed E-state index contributed by atoms with van der Waals surface area (Å²) in [4.78, 5) is 0.0910. The number of sulfonamides is 1. The lowest BCUT2D eigenvalue weighted by Gasteiger charge is -2.34. The fraction of sp³-hybridized carbons (Fsp3) is 0.647. The third-order valence-corrected chi connectivity index (χ3v) is 6.54. The summed E-state index contributed by atoms with van der Waals surface area (Å²) in [6, 6.07) is 4.61. The molecule has 8 heteroatoms. The van der Waals surface area contributed by atoms with Gasteiger partial charge in [0.1, 0.15) is 16.7 Å². The Labute approximate surface area is 155 Å². The molecule has 1 aliphatic rings. The van der Waals surface area contributed by atoms with Crippen LogP contribution in [0.2, 0.25) is 5.02 Å². The van der Waals surface area contributed by atoms with E-state index in [2.05, 4.69) is 0 Å². The molecule has 0 spiro atoms. The monoisotopic (exact) mass is 390 g/mol. The molecule has 25 heavy (non-hydrogen) atoms. The largest absolute Gasteiger partial charge is 0.487 e. The molecule has 1 fully saturated rings. The normalized spacial score (nSPS) is 21.7. The highest BCUT2D eigenvalue weighted by molar-refractivity contribution is 7.89. The van der Waals surface area contributed by atoms with Crippen molar-refractivity contribution in [3.8, 4) is 5.75 Å². The van der Waals surface area contributed by atoms with Crippen LogP contribution in [0.4, 0.5) is 0 Å². The first-order valence-electron chi connectivity index (χ1n) is 8.46. The van der Waals surface area contributed by atoms with Crippen LogP contribution in [0.3, 0.4) is 0 Å². The Morgan fingerprint density at radius 3 is 2.76 bits per heavy atom. The summed E-state index contributed by atoms with van der Waals surface area (Å²) >= 11 is 6.06. The van der Waals surface area contributed by atoms with Gasteiger partial charge in [0.25, 0.3) is 0 Å². The van der Waals surface area contributed by atoms with Crippen LogP contribution in [0.5, 0.6) is 5.75 Å². The smallest absolute Gasteiger partial charge is 0.246 e. The van der Waals surface area contributed by atoms with Crippen LogP contribution >= 0.6 is 11.6 Å². The molecule has 0 amide bonds. The maximum absolute atomic E-state index is 13.2. The van der Waals surface area contributed by atoms with Gasteiger partial charge in [-0.15, -0.1) is 0 Å². The fourth-order valence-electron chi connectivity index (χ4n) is 3.03. The first-order valence-corrected chi connectivity index (χ1v) is 10.3. The highest BCUT2D eigenvalue weighted by Gasteiger charge is 2.33. The summed E-state index contributed by atoms with van der Waals surface area (Å²) in [6.45, 7) is 4.99. The van der Waals surface area contributed by atoms with E-state index in [4.69, 9.17) is 26.8 Å². The van der Waals surface area contributed by atoms with Crippen molar-refractivity contribution in [3.05, 3.63) is 23.2 Å². The van der Waals surface area contributed by atoms with E-state index in [1.54, 1.807) is 19.2 Å². The molecule has 0 saturated carbocycles. The Hall–Kier alpha value is -0.860. The molecule has 3 unspecified atom stereocenters. The number of hydrogen-bond acceptors (Lipinski definition) is 5. The predicted octanol–water partition coefficient (Wildman–Crippen LogP) is 2.50. The van der Waals surface area contributed by atoms with E-state index in [-0.39, 0.29) is 28.7 Å². The lowest BCUT2D eigenvalue weighted by Crippen LogP contribution is -2.45. The van der Waals surface area contributed by atoms with E-state index >= 15 is 0 Å². The average molecular weight is 391 g/mol. The number of halogens is 1. The molecular formula is C17H27ClN2O4S. The average Bonchev–Trinajstić information content (AvgIpc) is 2.56. The second-order valence-electron chi connectivity index (χ2n) is 6.60. The third-order valence-electron chi connectivity index (χ3n) is 4.42. The van der Waals surface area contributed by atoms with Crippen LogP contribution in [0, 0.1) is 5.92 Å². The molecule has 2 rings (SSSR count). The van der Waals surface area contributed by atoms with Crippen molar-refractivity contribution in [2.75, 3.05) is 26.8 Å². The fourth-order valence-corrected chi connectivity index (χ4v) is 4.95. The summed E-state index contributed by atoms with van der Waals surface area (Å²) in [5.74, 6) is 0.441. The van der Waals surface area contributed by atoms with Gasteiger partial charge in [-0.25, -0.2) is 8.42 Å². The minimum Gasteiger partial charge on any atom is -0.487 e. The SMILES string of the molecule is COCC(C)Oc1ccc(Cl)cc1S(=O)(=O)N1CCCC(C(C)N)C1. The standard InChI is InChI=1S/C17H27ClN2O4S/c1-12(11-23-3)24-16-7-6-15(18)9-17(16)25(21,22)20-8-4-5-14(10-20)13(2)19/h6-7,9,12-14H,4-5,8,10-11,19H2,1-3H3. The van der Waals surface area contributed by atoms with Crippen molar-refractivity contribution < 1.29 is 17.9 Å².